The van der Waals surface area contributed by atoms with Crippen LogP contribution in [-0.4, -0.2) is 69.6 Å². The first-order valence-corrected chi connectivity index (χ1v) is 12.6. The third kappa shape index (κ3) is 10.2. The van der Waals surface area contributed by atoms with Gasteiger partial charge in [-0.15, -0.1) is 0 Å². The molecule has 1 aromatic rings. The minimum absolute atomic E-state index is 0.0214. The van der Waals surface area contributed by atoms with Crippen molar-refractivity contribution in [3.63, 3.8) is 0 Å². The van der Waals surface area contributed by atoms with Gasteiger partial charge in [0.05, 0.1) is 31.5 Å². The molecule has 7 heteroatoms. The molecule has 1 saturated carbocycles. The average Bonchev–Trinajstić information content (AvgIpc) is 3.14. The Balaban J connectivity index is 1.72. The van der Waals surface area contributed by atoms with E-state index in [4.69, 9.17) is 4.74 Å². The Bertz CT molecular complexity index is 788. The smallest absolute Gasteiger partial charge is 0.305 e. The summed E-state index contributed by atoms with van der Waals surface area (Å²) in [5, 5.41) is 49.6. The number of hydrogen-bond donors (Lipinski definition) is 5. The zero-order valence-electron chi connectivity index (χ0n) is 20.7. The maximum Gasteiger partial charge on any atom is 0.305 e. The number of hydrogen-bond acceptors (Lipinski definition) is 7. The van der Waals surface area contributed by atoms with Crippen molar-refractivity contribution in [1.29, 1.82) is 0 Å². The van der Waals surface area contributed by atoms with Gasteiger partial charge in [0.1, 0.15) is 6.61 Å². The molecule has 7 nitrogen and oxygen atoms in total. The van der Waals surface area contributed by atoms with Crippen LogP contribution in [0.4, 0.5) is 0 Å². The highest BCUT2D eigenvalue weighted by Crippen LogP contribution is 2.36. The molecule has 35 heavy (non-hydrogen) atoms. The second kappa shape index (κ2) is 15.2. The molecule has 0 radical (unpaired) electrons. The van der Waals surface area contributed by atoms with E-state index in [0.717, 1.165) is 6.42 Å². The molecule has 2 rings (SSSR count). The van der Waals surface area contributed by atoms with Gasteiger partial charge < -0.3 is 30.3 Å². The molecule has 0 aliphatic heterocycles. The molecular formula is C28H42O7. The second-order valence-corrected chi connectivity index (χ2v) is 9.98. The summed E-state index contributed by atoms with van der Waals surface area (Å²) < 4.78 is 5.13. The summed E-state index contributed by atoms with van der Waals surface area (Å²) in [6.07, 6.45) is 9.47. The number of aliphatic hydroxyl groups is 5. The van der Waals surface area contributed by atoms with E-state index in [1.807, 2.05) is 48.6 Å². The number of rotatable bonds is 15. The minimum Gasteiger partial charge on any atom is -0.465 e. The highest BCUT2D eigenvalue weighted by molar-refractivity contribution is 5.69. The molecule has 0 heterocycles. The Kier molecular flexibility index (Phi) is 12.7. The molecule has 1 fully saturated rings. The van der Waals surface area contributed by atoms with E-state index < -0.39 is 23.7 Å². The van der Waals surface area contributed by atoms with Gasteiger partial charge in [-0.2, -0.15) is 0 Å². The second-order valence-electron chi connectivity index (χ2n) is 9.98. The monoisotopic (exact) mass is 490 g/mol. The summed E-state index contributed by atoms with van der Waals surface area (Å²) in [4.78, 5) is 11.8. The summed E-state index contributed by atoms with van der Waals surface area (Å²) in [6, 6.07) is 9.98. The van der Waals surface area contributed by atoms with Gasteiger partial charge in [0.25, 0.3) is 0 Å². The lowest BCUT2D eigenvalue weighted by atomic mass is 9.89. The van der Waals surface area contributed by atoms with Crippen LogP contribution in [0.25, 0.3) is 0 Å². The third-order valence-electron chi connectivity index (χ3n) is 6.71. The van der Waals surface area contributed by atoms with E-state index in [0.29, 0.717) is 32.1 Å². The SMILES string of the molecule is CC(CO)(CO)COC(=O)CCC/C=C/C[C@@H]1[C@@H](/C=C/[C@@H](O)CCc2ccccc2)[C@H](O)C[C@@H]1O. The Morgan fingerprint density at radius 2 is 1.86 bits per heavy atom. The maximum atomic E-state index is 11.8. The number of ether oxygens (including phenoxy) is 1. The predicted molar refractivity (Wildman–Crippen MR) is 134 cm³/mol. The number of allylic oxidation sites excluding steroid dienone is 2. The Hall–Kier alpha value is -2.03. The quantitative estimate of drug-likeness (QED) is 0.145. The van der Waals surface area contributed by atoms with E-state index in [1.54, 1.807) is 13.0 Å². The molecule has 0 unspecified atom stereocenters. The van der Waals surface area contributed by atoms with Gasteiger partial charge in [-0.05, 0) is 43.6 Å². The number of unbranched alkanes of at least 4 members (excludes halogenated alkanes) is 1. The predicted octanol–water partition coefficient (Wildman–Crippen LogP) is 2.54. The largest absolute Gasteiger partial charge is 0.465 e. The van der Waals surface area contributed by atoms with E-state index in [2.05, 4.69) is 0 Å². The molecule has 1 aliphatic carbocycles. The van der Waals surface area contributed by atoms with Crippen LogP contribution in [0.3, 0.4) is 0 Å². The van der Waals surface area contributed by atoms with E-state index in [9.17, 15) is 30.3 Å². The number of aliphatic hydroxyl groups excluding tert-OH is 5. The van der Waals surface area contributed by atoms with Gasteiger partial charge in [0, 0.05) is 24.2 Å². The zero-order valence-corrected chi connectivity index (χ0v) is 20.7. The van der Waals surface area contributed by atoms with Gasteiger partial charge in [0.15, 0.2) is 0 Å². The molecule has 0 bridgehead atoms. The van der Waals surface area contributed by atoms with E-state index >= 15 is 0 Å². The number of carbonyl (C=O) groups excluding carboxylic acids is 1. The van der Waals surface area contributed by atoms with Crippen LogP contribution in [0.5, 0.6) is 0 Å². The van der Waals surface area contributed by atoms with Crippen molar-refractivity contribution in [3.8, 4) is 0 Å². The van der Waals surface area contributed by atoms with Gasteiger partial charge in [0.2, 0.25) is 0 Å². The molecule has 0 amide bonds. The number of carbonyl (C=O) groups is 1. The van der Waals surface area contributed by atoms with Crippen LogP contribution in [-0.2, 0) is 16.0 Å². The fourth-order valence-electron chi connectivity index (χ4n) is 4.22. The summed E-state index contributed by atoms with van der Waals surface area (Å²) in [5.41, 5.74) is 0.340. The average molecular weight is 491 g/mol. The van der Waals surface area contributed by atoms with Gasteiger partial charge in [-0.25, -0.2) is 0 Å². The first-order valence-electron chi connectivity index (χ1n) is 12.6. The molecule has 0 saturated heterocycles. The molecule has 1 aromatic carbocycles. The van der Waals surface area contributed by atoms with Crippen molar-refractivity contribution >= 4 is 5.97 Å². The maximum absolute atomic E-state index is 11.8. The van der Waals surface area contributed by atoms with Crippen LogP contribution in [0.1, 0.15) is 51.0 Å². The Morgan fingerprint density at radius 3 is 2.54 bits per heavy atom. The molecule has 1 aliphatic rings. The number of benzene rings is 1. The Labute approximate surface area is 208 Å². The van der Waals surface area contributed by atoms with Crippen molar-refractivity contribution in [2.45, 2.75) is 70.2 Å². The summed E-state index contributed by atoms with van der Waals surface area (Å²) in [5.74, 6) is -0.710. The summed E-state index contributed by atoms with van der Waals surface area (Å²) in [7, 11) is 0. The van der Waals surface area contributed by atoms with Gasteiger partial charge in [-0.3, -0.25) is 4.79 Å². The molecular weight excluding hydrogens is 448 g/mol. The standard InChI is InChI=1S/C28H42O7/c1-28(18-29,19-30)20-35-27(34)12-8-3-2-7-11-23-24(26(33)17-25(23)32)16-15-22(31)14-13-21-9-5-4-6-10-21/h2,4-7,9-10,15-16,22-26,29-33H,3,8,11-14,17-20H2,1H3/b7-2+,16-15+/t22-,23+,24+,25-,26+/m0/s1. The zero-order chi connectivity index (χ0) is 25.7. The Morgan fingerprint density at radius 1 is 1.14 bits per heavy atom. The fraction of sp³-hybridized carbons (Fsp3) is 0.607. The first-order chi connectivity index (χ1) is 16.8. The summed E-state index contributed by atoms with van der Waals surface area (Å²) >= 11 is 0. The van der Waals surface area contributed by atoms with Crippen LogP contribution >= 0.6 is 0 Å². The highest BCUT2D eigenvalue weighted by Gasteiger charge is 2.39. The topological polar surface area (TPSA) is 127 Å². The van der Waals surface area contributed by atoms with Crippen molar-refractivity contribution in [1.82, 2.24) is 0 Å². The lowest BCUT2D eigenvalue weighted by Gasteiger charge is -2.23. The van der Waals surface area contributed by atoms with E-state index in [-0.39, 0.29) is 44.0 Å². The van der Waals surface area contributed by atoms with Gasteiger partial charge in [-0.1, -0.05) is 61.6 Å². The number of aryl methyl sites for hydroxylation is 1. The van der Waals surface area contributed by atoms with E-state index in [1.165, 1.54) is 5.56 Å². The fourth-order valence-corrected chi connectivity index (χ4v) is 4.22. The van der Waals surface area contributed by atoms with Crippen LogP contribution in [0.15, 0.2) is 54.6 Å². The van der Waals surface area contributed by atoms with Crippen molar-refractivity contribution < 1.29 is 35.1 Å². The van der Waals surface area contributed by atoms with Crippen LogP contribution < -0.4 is 0 Å². The first kappa shape index (κ1) is 29.2. The lowest BCUT2D eigenvalue weighted by molar-refractivity contribution is -0.149. The molecule has 5 atom stereocenters. The molecule has 5 N–H and O–H groups in total. The third-order valence-corrected chi connectivity index (χ3v) is 6.71. The van der Waals surface area contributed by atoms with Crippen molar-refractivity contribution in [3.05, 3.63) is 60.2 Å². The minimum atomic E-state index is -0.828. The van der Waals surface area contributed by atoms with Gasteiger partial charge >= 0.3 is 5.97 Å². The summed E-state index contributed by atoms with van der Waals surface area (Å²) in [6.45, 7) is 1.10. The molecule has 0 spiro atoms. The molecule has 0 aromatic heterocycles. The number of esters is 1. The highest BCUT2D eigenvalue weighted by atomic mass is 16.5. The van der Waals surface area contributed by atoms with Crippen molar-refractivity contribution in [2.75, 3.05) is 19.8 Å². The van der Waals surface area contributed by atoms with Crippen LogP contribution in [0, 0.1) is 17.3 Å². The normalized spacial score (nSPS) is 23.8. The molecule has 196 valence electrons. The van der Waals surface area contributed by atoms with Crippen LogP contribution in [0.2, 0.25) is 0 Å². The van der Waals surface area contributed by atoms with Crippen molar-refractivity contribution in [2.24, 2.45) is 17.3 Å². The lowest BCUT2D eigenvalue weighted by Crippen LogP contribution is -2.32.